The third-order valence-electron chi connectivity index (χ3n) is 3.00. The van der Waals surface area contributed by atoms with Gasteiger partial charge in [-0.15, -0.1) is 22.7 Å². The van der Waals surface area contributed by atoms with E-state index < -0.39 is 0 Å². The molecule has 0 bridgehead atoms. The van der Waals surface area contributed by atoms with E-state index in [2.05, 4.69) is 41.8 Å². The van der Waals surface area contributed by atoms with Crippen LogP contribution in [0.3, 0.4) is 0 Å². The molecule has 116 valence electrons. The summed E-state index contributed by atoms with van der Waals surface area (Å²) in [5.41, 5.74) is 2.19. The molecule has 0 radical (unpaired) electrons. The normalized spacial score (nSPS) is 13.6. The van der Waals surface area contributed by atoms with Crippen molar-refractivity contribution in [1.29, 1.82) is 0 Å². The first-order valence-corrected chi connectivity index (χ1v) is 8.78. The molecule has 2 aromatic rings. The minimum absolute atomic E-state index is 0.0474. The van der Waals surface area contributed by atoms with Crippen LogP contribution < -0.4 is 5.32 Å². The first-order chi connectivity index (χ1) is 9.91. The van der Waals surface area contributed by atoms with Gasteiger partial charge in [0.1, 0.15) is 11.0 Å². The molecule has 2 heterocycles. The second kappa shape index (κ2) is 6.96. The molecule has 21 heavy (non-hydrogen) atoms. The molecule has 0 aromatic carbocycles. The van der Waals surface area contributed by atoms with Gasteiger partial charge in [0.05, 0.1) is 17.3 Å². The fraction of sp³-hybridized carbons (Fsp3) is 0.600. The van der Waals surface area contributed by atoms with Gasteiger partial charge >= 0.3 is 0 Å². The zero-order valence-corrected chi connectivity index (χ0v) is 14.9. The van der Waals surface area contributed by atoms with Gasteiger partial charge in [-0.05, 0) is 6.92 Å². The number of hydrogen-bond donors (Lipinski definition) is 1. The topological polar surface area (TPSA) is 47.0 Å². The number of aromatic nitrogens is 2. The third-order valence-corrected chi connectivity index (χ3v) is 5.31. The Bertz CT molecular complexity index is 571. The fourth-order valence-electron chi connectivity index (χ4n) is 1.89. The highest BCUT2D eigenvalue weighted by atomic mass is 32.1. The molecule has 1 atom stereocenters. The van der Waals surface area contributed by atoms with Crippen LogP contribution in [0.1, 0.15) is 48.2 Å². The SMILES string of the molecule is COCCNC(c1csc(C(C)(C)C)n1)c1nc(C)cs1. The van der Waals surface area contributed by atoms with Gasteiger partial charge < -0.3 is 10.1 Å². The number of nitrogens with zero attached hydrogens (tertiary/aromatic N) is 2. The first kappa shape index (κ1) is 16.5. The lowest BCUT2D eigenvalue weighted by Crippen LogP contribution is -2.26. The van der Waals surface area contributed by atoms with E-state index in [0.29, 0.717) is 6.61 Å². The van der Waals surface area contributed by atoms with Crippen LogP contribution in [0, 0.1) is 6.92 Å². The molecular weight excluding hydrogens is 302 g/mol. The maximum Gasteiger partial charge on any atom is 0.116 e. The molecule has 1 unspecified atom stereocenters. The van der Waals surface area contributed by atoms with E-state index >= 15 is 0 Å². The summed E-state index contributed by atoms with van der Waals surface area (Å²) in [6.45, 7) is 10.1. The van der Waals surface area contributed by atoms with Crippen LogP contribution in [0.2, 0.25) is 0 Å². The lowest BCUT2D eigenvalue weighted by Gasteiger charge is -2.16. The Kier molecular flexibility index (Phi) is 5.48. The maximum atomic E-state index is 5.13. The summed E-state index contributed by atoms with van der Waals surface area (Å²) < 4.78 is 5.13. The second-order valence-corrected chi connectivity index (χ2v) is 7.78. The summed E-state index contributed by atoms with van der Waals surface area (Å²) in [6.07, 6.45) is 0. The van der Waals surface area contributed by atoms with Crippen molar-refractivity contribution >= 4 is 22.7 Å². The lowest BCUT2D eigenvalue weighted by atomic mass is 9.98. The summed E-state index contributed by atoms with van der Waals surface area (Å²) in [6, 6.07) is 0.0474. The first-order valence-electron chi connectivity index (χ1n) is 7.02. The molecule has 6 heteroatoms. The monoisotopic (exact) mass is 325 g/mol. The van der Waals surface area contributed by atoms with Crippen LogP contribution >= 0.6 is 22.7 Å². The van der Waals surface area contributed by atoms with Crippen molar-refractivity contribution in [2.24, 2.45) is 0 Å². The lowest BCUT2D eigenvalue weighted by molar-refractivity contribution is 0.197. The van der Waals surface area contributed by atoms with Crippen LogP contribution in [0.4, 0.5) is 0 Å². The van der Waals surface area contributed by atoms with E-state index in [-0.39, 0.29) is 11.5 Å². The minimum atomic E-state index is 0.0474. The number of ether oxygens (including phenoxy) is 1. The summed E-state index contributed by atoms with van der Waals surface area (Å²) in [5.74, 6) is 0. The molecule has 0 aliphatic carbocycles. The molecule has 2 aromatic heterocycles. The zero-order chi connectivity index (χ0) is 15.5. The summed E-state index contributed by atoms with van der Waals surface area (Å²) in [4.78, 5) is 9.45. The highest BCUT2D eigenvalue weighted by molar-refractivity contribution is 7.10. The third kappa shape index (κ3) is 4.32. The number of rotatable bonds is 6. The van der Waals surface area contributed by atoms with Crippen LogP contribution in [-0.4, -0.2) is 30.2 Å². The van der Waals surface area contributed by atoms with Crippen molar-refractivity contribution in [3.63, 3.8) is 0 Å². The number of nitrogens with one attached hydrogen (secondary N) is 1. The molecule has 0 aliphatic rings. The fourth-order valence-corrected chi connectivity index (χ4v) is 3.71. The van der Waals surface area contributed by atoms with Gasteiger partial charge in [-0.1, -0.05) is 20.8 Å². The van der Waals surface area contributed by atoms with Crippen molar-refractivity contribution in [3.8, 4) is 0 Å². The van der Waals surface area contributed by atoms with Crippen molar-refractivity contribution in [1.82, 2.24) is 15.3 Å². The highest BCUT2D eigenvalue weighted by Gasteiger charge is 2.23. The average molecular weight is 326 g/mol. The minimum Gasteiger partial charge on any atom is -0.383 e. The van der Waals surface area contributed by atoms with Gasteiger partial charge in [0.2, 0.25) is 0 Å². The van der Waals surface area contributed by atoms with Crippen LogP contribution in [-0.2, 0) is 10.2 Å². The predicted molar refractivity (Wildman–Crippen MR) is 89.4 cm³/mol. The molecule has 0 saturated carbocycles. The van der Waals surface area contributed by atoms with E-state index in [0.717, 1.165) is 27.9 Å². The van der Waals surface area contributed by atoms with E-state index in [1.165, 1.54) is 0 Å². The van der Waals surface area contributed by atoms with Gasteiger partial charge in [0.15, 0.2) is 0 Å². The molecule has 1 N–H and O–H groups in total. The molecule has 0 saturated heterocycles. The maximum absolute atomic E-state index is 5.13. The number of methoxy groups -OCH3 is 1. The van der Waals surface area contributed by atoms with Gasteiger partial charge in [-0.2, -0.15) is 0 Å². The molecule has 0 aliphatic heterocycles. The van der Waals surface area contributed by atoms with Crippen molar-refractivity contribution in [2.45, 2.75) is 39.2 Å². The van der Waals surface area contributed by atoms with Gasteiger partial charge in [0, 0.05) is 35.5 Å². The van der Waals surface area contributed by atoms with E-state index in [4.69, 9.17) is 9.72 Å². The zero-order valence-electron chi connectivity index (χ0n) is 13.3. The Hall–Kier alpha value is -0.820. The summed E-state index contributed by atoms with van der Waals surface area (Å²) in [7, 11) is 1.71. The van der Waals surface area contributed by atoms with E-state index in [1.807, 2.05) is 6.92 Å². The van der Waals surface area contributed by atoms with E-state index in [9.17, 15) is 0 Å². The Morgan fingerprint density at radius 2 is 2.00 bits per heavy atom. The number of thiazole rings is 2. The largest absolute Gasteiger partial charge is 0.383 e. The number of aryl methyl sites for hydroxylation is 1. The molecular formula is C15H23N3OS2. The Balaban J connectivity index is 2.24. The Labute approximate surface area is 134 Å². The van der Waals surface area contributed by atoms with Crippen LogP contribution in [0.25, 0.3) is 0 Å². The van der Waals surface area contributed by atoms with Crippen molar-refractivity contribution < 1.29 is 4.74 Å². The van der Waals surface area contributed by atoms with Crippen molar-refractivity contribution in [3.05, 3.63) is 32.2 Å². The summed E-state index contributed by atoms with van der Waals surface area (Å²) in [5, 5.41) is 9.94. The summed E-state index contributed by atoms with van der Waals surface area (Å²) >= 11 is 3.40. The van der Waals surface area contributed by atoms with E-state index in [1.54, 1.807) is 29.8 Å². The van der Waals surface area contributed by atoms with Crippen LogP contribution in [0.15, 0.2) is 10.8 Å². The van der Waals surface area contributed by atoms with Crippen LogP contribution in [0.5, 0.6) is 0 Å². The smallest absolute Gasteiger partial charge is 0.116 e. The highest BCUT2D eigenvalue weighted by Crippen LogP contribution is 2.31. The number of hydrogen-bond acceptors (Lipinski definition) is 6. The quantitative estimate of drug-likeness (QED) is 0.825. The molecule has 0 fully saturated rings. The molecule has 2 rings (SSSR count). The molecule has 4 nitrogen and oxygen atoms in total. The molecule has 0 spiro atoms. The standard InChI is InChI=1S/C15H23N3OS2/c1-10-8-20-13(17-10)12(16-6-7-19-5)11-9-21-14(18-11)15(2,3)4/h8-9,12,16H,6-7H2,1-5H3. The molecule has 0 amide bonds. The predicted octanol–water partition coefficient (Wildman–Crippen LogP) is 3.53. The van der Waals surface area contributed by atoms with Crippen molar-refractivity contribution in [2.75, 3.05) is 20.3 Å². The van der Waals surface area contributed by atoms with Gasteiger partial charge in [0.25, 0.3) is 0 Å². The average Bonchev–Trinajstić information content (AvgIpc) is 3.03. The Morgan fingerprint density at radius 3 is 2.52 bits per heavy atom. The second-order valence-electron chi connectivity index (χ2n) is 6.03. The van der Waals surface area contributed by atoms with Gasteiger partial charge in [-0.25, -0.2) is 9.97 Å². The Morgan fingerprint density at radius 1 is 1.24 bits per heavy atom. The van der Waals surface area contributed by atoms with Gasteiger partial charge in [-0.3, -0.25) is 0 Å².